The maximum atomic E-state index is 12.0. The van der Waals surface area contributed by atoms with Crippen LogP contribution < -0.4 is 10.6 Å². The van der Waals surface area contributed by atoms with Gasteiger partial charge in [-0.3, -0.25) is 0 Å². The van der Waals surface area contributed by atoms with E-state index in [1.54, 1.807) is 0 Å². The molecular formula is C19H38N4O. The second-order valence-electron chi connectivity index (χ2n) is 7.97. The Morgan fingerprint density at radius 3 is 2.71 bits per heavy atom. The number of likely N-dealkylation sites (tertiary alicyclic amines) is 2. The summed E-state index contributed by atoms with van der Waals surface area (Å²) in [6, 6.07) is 1.32. The quantitative estimate of drug-likeness (QED) is 0.702. The molecule has 0 aliphatic carbocycles. The molecular weight excluding hydrogens is 300 g/mol. The average Bonchev–Trinajstić information content (AvgIpc) is 2.58. The zero-order valence-corrected chi connectivity index (χ0v) is 16.0. The first-order valence-electron chi connectivity index (χ1n) is 10.1. The molecule has 24 heavy (non-hydrogen) atoms. The van der Waals surface area contributed by atoms with Gasteiger partial charge in [-0.2, -0.15) is 0 Å². The Bertz CT molecular complexity index is 374. The normalized spacial score (nSPS) is 26.5. The van der Waals surface area contributed by atoms with E-state index in [1.165, 1.54) is 45.2 Å². The SMILES string of the molecule is CC(C)N1CCCC(CNC(=O)NCCCN2CCCCC2C)C1. The highest BCUT2D eigenvalue weighted by atomic mass is 16.2. The van der Waals surface area contributed by atoms with Gasteiger partial charge in [0.25, 0.3) is 0 Å². The topological polar surface area (TPSA) is 47.6 Å². The maximum Gasteiger partial charge on any atom is 0.314 e. The van der Waals surface area contributed by atoms with Crippen LogP contribution in [0.3, 0.4) is 0 Å². The number of rotatable bonds is 7. The number of amides is 2. The van der Waals surface area contributed by atoms with Crippen LogP contribution in [0.5, 0.6) is 0 Å². The highest BCUT2D eigenvalue weighted by Crippen LogP contribution is 2.18. The van der Waals surface area contributed by atoms with Gasteiger partial charge in [0.1, 0.15) is 0 Å². The lowest BCUT2D eigenvalue weighted by Gasteiger charge is -2.35. The van der Waals surface area contributed by atoms with E-state index in [1.807, 2.05) is 0 Å². The van der Waals surface area contributed by atoms with Gasteiger partial charge in [0.15, 0.2) is 0 Å². The van der Waals surface area contributed by atoms with E-state index in [0.717, 1.165) is 32.6 Å². The van der Waals surface area contributed by atoms with Gasteiger partial charge in [0, 0.05) is 38.3 Å². The minimum absolute atomic E-state index is 0.00311. The number of hydrogen-bond acceptors (Lipinski definition) is 3. The van der Waals surface area contributed by atoms with Gasteiger partial charge in [-0.05, 0) is 71.9 Å². The van der Waals surface area contributed by atoms with Crippen LogP contribution in [0.4, 0.5) is 4.79 Å². The lowest BCUT2D eigenvalue weighted by Crippen LogP contribution is -2.46. The van der Waals surface area contributed by atoms with Crippen LogP contribution in [0, 0.1) is 5.92 Å². The van der Waals surface area contributed by atoms with E-state index >= 15 is 0 Å². The Morgan fingerprint density at radius 1 is 1.12 bits per heavy atom. The lowest BCUT2D eigenvalue weighted by molar-refractivity contribution is 0.139. The van der Waals surface area contributed by atoms with E-state index in [0.29, 0.717) is 18.0 Å². The van der Waals surface area contributed by atoms with Crippen molar-refractivity contribution in [1.29, 1.82) is 0 Å². The Balaban J connectivity index is 1.53. The van der Waals surface area contributed by atoms with Gasteiger partial charge in [-0.25, -0.2) is 4.79 Å². The molecule has 0 aromatic heterocycles. The summed E-state index contributed by atoms with van der Waals surface area (Å²) in [4.78, 5) is 17.0. The van der Waals surface area contributed by atoms with Gasteiger partial charge in [0.2, 0.25) is 0 Å². The molecule has 2 fully saturated rings. The minimum atomic E-state index is 0.00311. The highest BCUT2D eigenvalue weighted by Gasteiger charge is 2.22. The Morgan fingerprint density at radius 2 is 1.96 bits per heavy atom. The van der Waals surface area contributed by atoms with Gasteiger partial charge in [-0.1, -0.05) is 6.42 Å². The van der Waals surface area contributed by atoms with E-state index in [-0.39, 0.29) is 6.03 Å². The fraction of sp³-hybridized carbons (Fsp3) is 0.947. The van der Waals surface area contributed by atoms with Crippen molar-refractivity contribution in [2.75, 3.05) is 39.3 Å². The summed E-state index contributed by atoms with van der Waals surface area (Å²) in [6.07, 6.45) is 7.54. The van der Waals surface area contributed by atoms with Crippen LogP contribution in [-0.2, 0) is 0 Å². The maximum absolute atomic E-state index is 12.0. The number of hydrogen-bond donors (Lipinski definition) is 2. The molecule has 5 heteroatoms. The van der Waals surface area contributed by atoms with E-state index in [2.05, 4.69) is 41.2 Å². The molecule has 2 saturated heterocycles. The number of nitrogens with zero attached hydrogens (tertiary/aromatic N) is 2. The molecule has 5 nitrogen and oxygen atoms in total. The molecule has 2 atom stereocenters. The van der Waals surface area contributed by atoms with Crippen molar-refractivity contribution in [2.24, 2.45) is 5.92 Å². The third-order valence-electron chi connectivity index (χ3n) is 5.68. The summed E-state index contributed by atoms with van der Waals surface area (Å²) in [5.74, 6) is 0.598. The summed E-state index contributed by atoms with van der Waals surface area (Å²) in [7, 11) is 0. The summed E-state index contributed by atoms with van der Waals surface area (Å²) in [5, 5.41) is 6.09. The molecule has 2 aliphatic rings. The van der Waals surface area contributed by atoms with Crippen LogP contribution in [0.25, 0.3) is 0 Å². The molecule has 0 bridgehead atoms. The monoisotopic (exact) mass is 338 g/mol. The first-order valence-corrected chi connectivity index (χ1v) is 10.1. The first-order chi connectivity index (χ1) is 11.6. The molecule has 0 aromatic carbocycles. The predicted molar refractivity (Wildman–Crippen MR) is 100 cm³/mol. The van der Waals surface area contributed by atoms with Crippen LogP contribution in [0.2, 0.25) is 0 Å². The summed E-state index contributed by atoms with van der Waals surface area (Å²) in [6.45, 7) is 13.1. The summed E-state index contributed by atoms with van der Waals surface area (Å²) < 4.78 is 0. The molecule has 0 radical (unpaired) electrons. The van der Waals surface area contributed by atoms with Crippen molar-refractivity contribution in [2.45, 2.75) is 71.4 Å². The van der Waals surface area contributed by atoms with Gasteiger partial charge in [-0.15, -0.1) is 0 Å². The summed E-state index contributed by atoms with van der Waals surface area (Å²) >= 11 is 0. The number of piperidine rings is 2. The molecule has 2 N–H and O–H groups in total. The van der Waals surface area contributed by atoms with Crippen molar-refractivity contribution in [3.8, 4) is 0 Å². The standard InChI is InChI=1S/C19H38N4O/c1-16(2)23-12-6-9-18(15-23)14-21-19(24)20-10-7-13-22-11-5-4-8-17(22)3/h16-18H,4-15H2,1-3H3,(H2,20,21,24). The highest BCUT2D eigenvalue weighted by molar-refractivity contribution is 5.73. The van der Waals surface area contributed by atoms with Crippen molar-refractivity contribution in [3.05, 3.63) is 0 Å². The molecule has 0 aromatic rings. The Kier molecular flexibility index (Phi) is 8.33. The third kappa shape index (κ3) is 6.60. The largest absolute Gasteiger partial charge is 0.338 e. The van der Waals surface area contributed by atoms with Crippen molar-refractivity contribution in [1.82, 2.24) is 20.4 Å². The predicted octanol–water partition coefficient (Wildman–Crippen LogP) is 2.67. The minimum Gasteiger partial charge on any atom is -0.338 e. The second-order valence-corrected chi connectivity index (χ2v) is 7.97. The zero-order valence-electron chi connectivity index (χ0n) is 16.0. The van der Waals surface area contributed by atoms with Gasteiger partial charge in [0.05, 0.1) is 0 Å². The number of carbonyl (C=O) groups is 1. The number of nitrogens with one attached hydrogen (secondary N) is 2. The van der Waals surface area contributed by atoms with Crippen molar-refractivity contribution in [3.63, 3.8) is 0 Å². The molecule has 2 unspecified atom stereocenters. The second kappa shape index (κ2) is 10.2. The zero-order chi connectivity index (χ0) is 17.4. The van der Waals surface area contributed by atoms with E-state index in [4.69, 9.17) is 0 Å². The fourth-order valence-electron chi connectivity index (χ4n) is 4.01. The first kappa shape index (κ1) is 19.5. The Labute approximate surface area is 148 Å². The number of carbonyl (C=O) groups excluding carboxylic acids is 1. The molecule has 2 heterocycles. The van der Waals surface area contributed by atoms with Crippen LogP contribution in [0.15, 0.2) is 0 Å². The van der Waals surface area contributed by atoms with Crippen LogP contribution in [0.1, 0.15) is 59.3 Å². The van der Waals surface area contributed by atoms with Crippen LogP contribution in [-0.4, -0.2) is 67.2 Å². The van der Waals surface area contributed by atoms with Crippen molar-refractivity contribution >= 4 is 6.03 Å². The molecule has 2 rings (SSSR count). The molecule has 140 valence electrons. The van der Waals surface area contributed by atoms with Gasteiger partial charge >= 0.3 is 6.03 Å². The van der Waals surface area contributed by atoms with E-state index < -0.39 is 0 Å². The molecule has 2 aliphatic heterocycles. The van der Waals surface area contributed by atoms with Crippen molar-refractivity contribution < 1.29 is 4.79 Å². The third-order valence-corrected chi connectivity index (χ3v) is 5.68. The average molecular weight is 339 g/mol. The Hall–Kier alpha value is -0.810. The lowest BCUT2D eigenvalue weighted by atomic mass is 9.97. The molecule has 0 saturated carbocycles. The summed E-state index contributed by atoms with van der Waals surface area (Å²) in [5.41, 5.74) is 0. The van der Waals surface area contributed by atoms with E-state index in [9.17, 15) is 4.79 Å². The smallest absolute Gasteiger partial charge is 0.314 e. The number of urea groups is 1. The van der Waals surface area contributed by atoms with Crippen LogP contribution >= 0.6 is 0 Å². The molecule has 2 amide bonds. The molecule has 0 spiro atoms. The van der Waals surface area contributed by atoms with Gasteiger partial charge < -0.3 is 20.4 Å². The fourth-order valence-corrected chi connectivity index (χ4v) is 4.01.